The minimum atomic E-state index is -0.825. The number of fused-ring (bicyclic) bond motifs is 1. The number of benzene rings is 1. The summed E-state index contributed by atoms with van der Waals surface area (Å²) < 4.78 is 0. The quantitative estimate of drug-likeness (QED) is 0.479. The van der Waals surface area contributed by atoms with E-state index in [0.29, 0.717) is 5.82 Å². The third kappa shape index (κ3) is 2.85. The second kappa shape index (κ2) is 6.00. The maximum Gasteiger partial charge on any atom is 0.126 e. The van der Waals surface area contributed by atoms with Gasteiger partial charge < -0.3 is 21.3 Å². The molecule has 0 fully saturated rings. The third-order valence-electron chi connectivity index (χ3n) is 3.38. The number of hydrogen-bond donors (Lipinski definition) is 5. The van der Waals surface area contributed by atoms with Crippen molar-refractivity contribution < 1.29 is 10.2 Å². The number of aromatic nitrogens is 3. The Balaban J connectivity index is 1.99. The van der Waals surface area contributed by atoms with Gasteiger partial charge in [-0.25, -0.2) is 4.98 Å². The summed E-state index contributed by atoms with van der Waals surface area (Å²) in [6, 6.07) is 9.41. The molecule has 0 bridgehead atoms. The van der Waals surface area contributed by atoms with E-state index in [1.807, 2.05) is 24.3 Å². The zero-order valence-corrected chi connectivity index (χ0v) is 11.8. The van der Waals surface area contributed by atoms with Crippen LogP contribution in [0.1, 0.15) is 0 Å². The van der Waals surface area contributed by atoms with Gasteiger partial charge in [0.1, 0.15) is 5.82 Å². The van der Waals surface area contributed by atoms with E-state index in [9.17, 15) is 5.11 Å². The van der Waals surface area contributed by atoms with Gasteiger partial charge in [-0.2, -0.15) is 5.10 Å². The smallest absolute Gasteiger partial charge is 0.126 e. The number of nitrogens with one attached hydrogen (secondary N) is 2. The Kier molecular flexibility index (Phi) is 3.90. The Morgan fingerprint density at radius 2 is 2.14 bits per heavy atom. The van der Waals surface area contributed by atoms with Crippen molar-refractivity contribution in [2.45, 2.75) is 6.10 Å². The molecular formula is C15H17N5O2. The zero-order valence-electron chi connectivity index (χ0n) is 11.8. The van der Waals surface area contributed by atoms with Crippen LogP contribution in [0.4, 0.5) is 11.5 Å². The summed E-state index contributed by atoms with van der Waals surface area (Å²) in [4.78, 5) is 4.35. The monoisotopic (exact) mass is 299 g/mol. The molecule has 0 saturated carbocycles. The van der Waals surface area contributed by atoms with Crippen LogP contribution in [0, 0.1) is 0 Å². The number of H-pyrrole nitrogens is 1. The molecule has 0 aliphatic rings. The van der Waals surface area contributed by atoms with E-state index in [1.54, 1.807) is 12.3 Å². The van der Waals surface area contributed by atoms with Gasteiger partial charge in [0.25, 0.3) is 0 Å². The molecule has 3 aromatic rings. The van der Waals surface area contributed by atoms with E-state index in [-0.39, 0.29) is 13.2 Å². The lowest BCUT2D eigenvalue weighted by Crippen LogP contribution is -2.23. The van der Waals surface area contributed by atoms with Crippen molar-refractivity contribution in [2.24, 2.45) is 0 Å². The molecule has 0 aliphatic carbocycles. The fourth-order valence-corrected chi connectivity index (χ4v) is 2.27. The lowest BCUT2D eigenvalue weighted by atomic mass is 10.1. The number of nitrogens with zero attached hydrogens (tertiary/aromatic N) is 2. The Bertz CT molecular complexity index is 773. The summed E-state index contributed by atoms with van der Waals surface area (Å²) in [7, 11) is 0. The number of aromatic amines is 1. The highest BCUT2D eigenvalue weighted by Crippen LogP contribution is 2.28. The second-order valence-electron chi connectivity index (χ2n) is 5.01. The topological polar surface area (TPSA) is 120 Å². The molecule has 0 spiro atoms. The molecule has 6 N–H and O–H groups in total. The molecule has 114 valence electrons. The van der Waals surface area contributed by atoms with Gasteiger partial charge in [0.05, 0.1) is 23.9 Å². The van der Waals surface area contributed by atoms with Gasteiger partial charge in [-0.15, -0.1) is 0 Å². The van der Waals surface area contributed by atoms with Crippen molar-refractivity contribution in [3.05, 3.63) is 36.5 Å². The van der Waals surface area contributed by atoms with Gasteiger partial charge >= 0.3 is 0 Å². The van der Waals surface area contributed by atoms with Crippen molar-refractivity contribution in [3.8, 4) is 11.3 Å². The molecule has 0 unspecified atom stereocenters. The summed E-state index contributed by atoms with van der Waals surface area (Å²) >= 11 is 0. The number of nitrogen functional groups attached to an aromatic ring is 1. The lowest BCUT2D eigenvalue weighted by molar-refractivity contribution is 0.105. The van der Waals surface area contributed by atoms with Gasteiger partial charge in [-0.3, -0.25) is 5.10 Å². The normalized spacial score (nSPS) is 12.5. The van der Waals surface area contributed by atoms with E-state index in [1.165, 1.54) is 0 Å². The maximum atomic E-state index is 9.46. The molecule has 1 aromatic carbocycles. The summed E-state index contributed by atoms with van der Waals surface area (Å²) in [5, 5.41) is 29.2. The second-order valence-corrected chi connectivity index (χ2v) is 5.01. The summed E-state index contributed by atoms with van der Waals surface area (Å²) in [5.74, 6) is 0.384. The van der Waals surface area contributed by atoms with Gasteiger partial charge in [0.15, 0.2) is 0 Å². The predicted octanol–water partition coefficient (Wildman–Crippen LogP) is 0.972. The molecule has 1 atom stereocenters. The van der Waals surface area contributed by atoms with Crippen LogP contribution in [0.2, 0.25) is 0 Å². The maximum absolute atomic E-state index is 9.46. The Morgan fingerprint density at radius 3 is 2.86 bits per heavy atom. The lowest BCUT2D eigenvalue weighted by Gasteiger charge is -2.13. The molecule has 2 aromatic heterocycles. The SMILES string of the molecule is Nc1cc(NC[C@H](O)CO)c2ccc(-c3ccn[nH]3)cc2n1. The van der Waals surface area contributed by atoms with Crippen LogP contribution in [0.15, 0.2) is 36.5 Å². The number of pyridine rings is 1. The van der Waals surface area contributed by atoms with Gasteiger partial charge in [0.2, 0.25) is 0 Å². The summed E-state index contributed by atoms with van der Waals surface area (Å²) in [5.41, 5.74) is 9.22. The number of aliphatic hydroxyl groups is 2. The number of nitrogens with two attached hydrogens (primary N) is 1. The number of rotatable bonds is 5. The standard InChI is InChI=1S/C15H17N5O2/c16-15-6-13(17-7-10(22)8-21)11-2-1-9(5-14(11)19-15)12-3-4-18-20-12/h1-6,10,21-22H,7-8H2,(H,18,20)(H3,16,17,19)/t10-/m0/s1. The minimum Gasteiger partial charge on any atom is -0.394 e. The zero-order chi connectivity index (χ0) is 15.5. The van der Waals surface area contributed by atoms with Crippen molar-refractivity contribution >= 4 is 22.4 Å². The van der Waals surface area contributed by atoms with E-state index >= 15 is 0 Å². The van der Waals surface area contributed by atoms with Crippen molar-refractivity contribution in [1.82, 2.24) is 15.2 Å². The van der Waals surface area contributed by atoms with Crippen molar-refractivity contribution in [3.63, 3.8) is 0 Å². The molecule has 2 heterocycles. The predicted molar refractivity (Wildman–Crippen MR) is 85.3 cm³/mol. The molecule has 0 aliphatic heterocycles. The van der Waals surface area contributed by atoms with Crippen molar-refractivity contribution in [2.75, 3.05) is 24.2 Å². The van der Waals surface area contributed by atoms with Crippen LogP contribution in [0.25, 0.3) is 22.2 Å². The first-order valence-electron chi connectivity index (χ1n) is 6.90. The highest BCUT2D eigenvalue weighted by molar-refractivity contribution is 5.95. The average Bonchev–Trinajstić information content (AvgIpc) is 3.05. The highest BCUT2D eigenvalue weighted by atomic mass is 16.3. The van der Waals surface area contributed by atoms with E-state index < -0.39 is 6.10 Å². The first kappa shape index (κ1) is 14.3. The Labute approximate surface area is 126 Å². The van der Waals surface area contributed by atoms with E-state index in [0.717, 1.165) is 27.8 Å². The first-order valence-corrected chi connectivity index (χ1v) is 6.90. The number of hydrogen-bond acceptors (Lipinski definition) is 6. The molecule has 22 heavy (non-hydrogen) atoms. The van der Waals surface area contributed by atoms with Gasteiger partial charge in [-0.1, -0.05) is 12.1 Å². The molecule has 3 rings (SSSR count). The Hall–Kier alpha value is -2.64. The third-order valence-corrected chi connectivity index (χ3v) is 3.38. The van der Waals surface area contributed by atoms with Crippen LogP contribution in [0.5, 0.6) is 0 Å². The van der Waals surface area contributed by atoms with Gasteiger partial charge in [0, 0.05) is 35.4 Å². The largest absolute Gasteiger partial charge is 0.394 e. The molecule has 7 nitrogen and oxygen atoms in total. The van der Waals surface area contributed by atoms with Crippen LogP contribution in [-0.2, 0) is 0 Å². The molecular weight excluding hydrogens is 282 g/mol. The first-order chi connectivity index (χ1) is 10.7. The van der Waals surface area contributed by atoms with Gasteiger partial charge in [-0.05, 0) is 12.1 Å². The van der Waals surface area contributed by atoms with Crippen LogP contribution < -0.4 is 11.1 Å². The van der Waals surface area contributed by atoms with E-state index in [2.05, 4.69) is 20.5 Å². The molecule has 0 amide bonds. The van der Waals surface area contributed by atoms with Crippen LogP contribution >= 0.6 is 0 Å². The minimum absolute atomic E-state index is 0.233. The number of aliphatic hydroxyl groups excluding tert-OH is 2. The van der Waals surface area contributed by atoms with Crippen molar-refractivity contribution in [1.29, 1.82) is 0 Å². The number of anilines is 2. The Morgan fingerprint density at radius 1 is 1.27 bits per heavy atom. The molecule has 7 heteroatoms. The fraction of sp³-hybridized carbons (Fsp3) is 0.200. The fourth-order valence-electron chi connectivity index (χ4n) is 2.27. The molecule has 0 radical (unpaired) electrons. The van der Waals surface area contributed by atoms with Crippen LogP contribution in [-0.4, -0.2) is 44.7 Å². The van der Waals surface area contributed by atoms with E-state index in [4.69, 9.17) is 10.8 Å². The van der Waals surface area contributed by atoms with Crippen LogP contribution in [0.3, 0.4) is 0 Å². The summed E-state index contributed by atoms with van der Waals surface area (Å²) in [6.07, 6.45) is 0.865. The highest BCUT2D eigenvalue weighted by Gasteiger charge is 2.09. The molecule has 0 saturated heterocycles. The summed E-state index contributed by atoms with van der Waals surface area (Å²) in [6.45, 7) is -0.0627. The average molecular weight is 299 g/mol.